The molecule has 0 bridgehead atoms. The smallest absolute Gasteiger partial charge is 0.509 e. The van der Waals surface area contributed by atoms with E-state index < -0.39 is 0 Å². The van der Waals surface area contributed by atoms with E-state index in [4.69, 9.17) is 14.8 Å². The second kappa shape index (κ2) is 13.2. The van der Waals surface area contributed by atoms with Gasteiger partial charge in [-0.05, 0) is 77.6 Å². The van der Waals surface area contributed by atoms with E-state index in [2.05, 4.69) is 119 Å². The Balaban J connectivity index is 0.00000401. The summed E-state index contributed by atoms with van der Waals surface area (Å²) in [5, 5.41) is 7.18. The third-order valence-corrected chi connectivity index (χ3v) is 9.47. The molecule has 0 N–H and O–H groups in total. The summed E-state index contributed by atoms with van der Waals surface area (Å²) >= 11 is 0. The van der Waals surface area contributed by atoms with Crippen LogP contribution in [0.2, 0.25) is 0 Å². The molecule has 0 saturated carbocycles. The van der Waals surface area contributed by atoms with E-state index in [-0.39, 0.29) is 26.5 Å². The molecule has 0 amide bonds. The van der Waals surface area contributed by atoms with Crippen LogP contribution in [-0.2, 0) is 27.5 Å². The number of nitrogens with zero attached hydrogens (tertiary/aromatic N) is 4. The maximum absolute atomic E-state index is 6.46. The van der Waals surface area contributed by atoms with Crippen LogP contribution in [0.25, 0.3) is 44.4 Å². The van der Waals surface area contributed by atoms with Crippen molar-refractivity contribution in [2.75, 3.05) is 0 Å². The molecule has 3 heterocycles. The van der Waals surface area contributed by atoms with Gasteiger partial charge >= 0.3 is 21.1 Å². The third kappa shape index (κ3) is 6.13. The summed E-state index contributed by atoms with van der Waals surface area (Å²) < 4.78 is 10.6. The summed E-state index contributed by atoms with van der Waals surface area (Å²) in [6.07, 6.45) is 2.83. The Bertz CT molecular complexity index is 2240. The monoisotopic (exact) mass is 811 g/mol. The zero-order valence-corrected chi connectivity index (χ0v) is 30.8. The summed E-state index contributed by atoms with van der Waals surface area (Å²) in [6, 6.07) is 38.6. The van der Waals surface area contributed by atoms with Gasteiger partial charge in [-0.1, -0.05) is 82.6 Å². The Labute approximate surface area is 297 Å². The Hall–Kier alpha value is -4.47. The van der Waals surface area contributed by atoms with Crippen molar-refractivity contribution in [3.63, 3.8) is 0 Å². The largest absolute Gasteiger partial charge is 2.00 e. The predicted molar refractivity (Wildman–Crippen MR) is 192 cm³/mol. The fraction of sp³-hybridized carbons (Fsp3) is 0.238. The maximum Gasteiger partial charge on any atom is 2.00 e. The quantitative estimate of drug-likeness (QED) is 0.151. The van der Waals surface area contributed by atoms with Gasteiger partial charge in [0.05, 0.1) is 5.69 Å². The van der Waals surface area contributed by atoms with Crippen molar-refractivity contribution in [3.05, 3.63) is 132 Å². The van der Waals surface area contributed by atoms with Crippen molar-refractivity contribution >= 4 is 21.8 Å². The first-order chi connectivity index (χ1) is 22.6. The van der Waals surface area contributed by atoms with Crippen LogP contribution in [0.5, 0.6) is 11.5 Å². The first kappa shape index (κ1) is 33.4. The van der Waals surface area contributed by atoms with Gasteiger partial charge < -0.3 is 9.30 Å². The van der Waals surface area contributed by atoms with Crippen LogP contribution in [0, 0.1) is 31.4 Å². The fourth-order valence-electron chi connectivity index (χ4n) is 6.45. The van der Waals surface area contributed by atoms with Crippen LogP contribution in [0.1, 0.15) is 63.1 Å². The maximum atomic E-state index is 6.46. The fourth-order valence-corrected chi connectivity index (χ4v) is 6.45. The normalized spacial score (nSPS) is 12.3. The summed E-state index contributed by atoms with van der Waals surface area (Å²) in [5.74, 6) is 2.49. The Kier molecular flexibility index (Phi) is 9.20. The average Bonchev–Trinajstić information content (AvgIpc) is 3.56. The first-order valence-electron chi connectivity index (χ1n) is 16.4. The van der Waals surface area contributed by atoms with E-state index in [1.807, 2.05) is 48.1 Å². The van der Waals surface area contributed by atoms with Crippen LogP contribution in [0.3, 0.4) is 0 Å². The van der Waals surface area contributed by atoms with Crippen LogP contribution in [0.15, 0.2) is 97.2 Å². The first-order valence-corrected chi connectivity index (χ1v) is 16.4. The molecule has 244 valence electrons. The number of pyridine rings is 1. The van der Waals surface area contributed by atoms with Gasteiger partial charge in [0.25, 0.3) is 0 Å². The van der Waals surface area contributed by atoms with Crippen molar-refractivity contribution in [1.82, 2.24) is 19.3 Å². The molecule has 7 rings (SSSR count). The van der Waals surface area contributed by atoms with Gasteiger partial charge in [-0.3, -0.25) is 4.68 Å². The van der Waals surface area contributed by atoms with E-state index in [9.17, 15) is 0 Å². The number of fused-ring (bicyclic) bond motifs is 3. The van der Waals surface area contributed by atoms with E-state index in [0.717, 1.165) is 56.9 Å². The Morgan fingerprint density at radius 1 is 0.833 bits per heavy atom. The minimum absolute atomic E-state index is 0. The molecule has 4 aromatic carbocycles. The SMILES string of the molecule is CCc1ccnc(-n2c3[c-]c(Oc4[c-]c(-n5nc(C)c(-c6ccccc6)c5C)ccc4)ccc3c3cc(C(C)C(C)(C)C)ccc32)c1.[Pt+2]. The summed E-state index contributed by atoms with van der Waals surface area (Å²) in [7, 11) is 0. The average molecular weight is 812 g/mol. The third-order valence-electron chi connectivity index (χ3n) is 9.47. The van der Waals surface area contributed by atoms with Gasteiger partial charge in [0.1, 0.15) is 5.82 Å². The molecule has 3 aromatic heterocycles. The molecule has 5 nitrogen and oxygen atoms in total. The number of aryl methyl sites for hydroxylation is 2. The van der Waals surface area contributed by atoms with Gasteiger partial charge in [0.15, 0.2) is 0 Å². The van der Waals surface area contributed by atoms with E-state index >= 15 is 0 Å². The van der Waals surface area contributed by atoms with Gasteiger partial charge in [0, 0.05) is 34.5 Å². The van der Waals surface area contributed by atoms with Crippen LogP contribution >= 0.6 is 0 Å². The molecular weight excluding hydrogens is 772 g/mol. The van der Waals surface area contributed by atoms with Gasteiger partial charge in [-0.15, -0.1) is 35.7 Å². The number of hydrogen-bond acceptors (Lipinski definition) is 3. The van der Waals surface area contributed by atoms with Gasteiger partial charge in [-0.25, -0.2) is 4.98 Å². The molecule has 0 aliphatic heterocycles. The summed E-state index contributed by atoms with van der Waals surface area (Å²) in [6.45, 7) is 15.5. The molecule has 7 aromatic rings. The molecule has 0 fully saturated rings. The zero-order chi connectivity index (χ0) is 32.9. The number of ether oxygens (including phenoxy) is 1. The molecule has 0 radical (unpaired) electrons. The zero-order valence-electron chi connectivity index (χ0n) is 28.5. The van der Waals surface area contributed by atoms with Crippen molar-refractivity contribution in [2.45, 2.75) is 60.8 Å². The second-order valence-corrected chi connectivity index (χ2v) is 13.5. The molecule has 1 atom stereocenters. The molecule has 0 saturated heterocycles. The Morgan fingerprint density at radius 3 is 2.35 bits per heavy atom. The van der Waals surface area contributed by atoms with E-state index in [0.29, 0.717) is 17.4 Å². The van der Waals surface area contributed by atoms with E-state index in [1.165, 1.54) is 16.5 Å². The van der Waals surface area contributed by atoms with Crippen LogP contribution < -0.4 is 4.74 Å². The van der Waals surface area contributed by atoms with Crippen molar-refractivity contribution in [2.24, 2.45) is 5.41 Å². The summed E-state index contributed by atoms with van der Waals surface area (Å²) in [4.78, 5) is 4.81. The molecule has 1 unspecified atom stereocenters. The van der Waals surface area contributed by atoms with Crippen LogP contribution in [0.4, 0.5) is 0 Å². The van der Waals surface area contributed by atoms with Gasteiger partial charge in [0.2, 0.25) is 0 Å². The number of benzene rings is 4. The molecule has 0 aliphatic carbocycles. The van der Waals surface area contributed by atoms with E-state index in [1.54, 1.807) is 0 Å². The molecule has 48 heavy (non-hydrogen) atoms. The number of aromatic nitrogens is 4. The topological polar surface area (TPSA) is 44.9 Å². The minimum Gasteiger partial charge on any atom is -0.509 e. The molecule has 6 heteroatoms. The Morgan fingerprint density at radius 2 is 1.60 bits per heavy atom. The second-order valence-electron chi connectivity index (χ2n) is 13.5. The molecule has 0 aliphatic rings. The standard InChI is InChI=1S/C42H40N4O.Pt/c1-8-30-21-22-43-40(23-30)45-38-20-17-32(27(2)42(5,6)7)24-37(38)36-19-18-35(26-39(36)45)47-34-16-12-15-33(25-34)46-29(4)41(28(3)44-46)31-13-10-9-11-14-31;/h9-24,27H,8H2,1-7H3;/q-2;+2. The van der Waals surface area contributed by atoms with Crippen LogP contribution in [-0.4, -0.2) is 19.3 Å². The number of hydrogen-bond donors (Lipinski definition) is 0. The predicted octanol–water partition coefficient (Wildman–Crippen LogP) is 10.8. The summed E-state index contributed by atoms with van der Waals surface area (Å²) in [5.41, 5.74) is 9.89. The van der Waals surface area contributed by atoms with Crippen molar-refractivity contribution in [3.8, 4) is 34.1 Å². The van der Waals surface area contributed by atoms with Crippen molar-refractivity contribution in [1.29, 1.82) is 0 Å². The number of rotatable bonds is 7. The molecular formula is C42H40N4OPt. The molecule has 0 spiro atoms. The minimum atomic E-state index is 0. The van der Waals surface area contributed by atoms with Gasteiger partial charge in [-0.2, -0.15) is 17.2 Å². The van der Waals surface area contributed by atoms with Crippen molar-refractivity contribution < 1.29 is 25.8 Å².